The molecule has 3 rings (SSSR count). The largest absolute Gasteiger partial charge is 0.482 e. The third-order valence-corrected chi connectivity index (χ3v) is 4.09. The van der Waals surface area contributed by atoms with Crippen molar-refractivity contribution in [2.24, 2.45) is 0 Å². The number of carbonyl (C=O) groups excluding carboxylic acids is 2. The van der Waals surface area contributed by atoms with Crippen molar-refractivity contribution in [1.29, 1.82) is 0 Å². The van der Waals surface area contributed by atoms with E-state index in [1.165, 1.54) is 0 Å². The second kappa shape index (κ2) is 7.83. The molecule has 132 valence electrons. The normalized spacial score (nSPS) is 11.8. The number of ether oxygens (including phenoxy) is 2. The monoisotopic (exact) mass is 348 g/mol. The molecular weight excluding hydrogens is 328 g/mol. The van der Waals surface area contributed by atoms with Gasteiger partial charge >= 0.3 is 5.97 Å². The summed E-state index contributed by atoms with van der Waals surface area (Å²) < 4.78 is 10.7. The molecule has 26 heavy (non-hydrogen) atoms. The van der Waals surface area contributed by atoms with Crippen LogP contribution in [-0.4, -0.2) is 24.5 Å². The topological polar surface area (TPSA) is 52.6 Å². The van der Waals surface area contributed by atoms with Gasteiger partial charge in [-0.05, 0) is 36.8 Å². The van der Waals surface area contributed by atoms with Crippen LogP contribution >= 0.6 is 0 Å². The average Bonchev–Trinajstić information content (AvgIpc) is 2.66. The van der Waals surface area contributed by atoms with E-state index in [1.54, 1.807) is 25.1 Å². The quantitative estimate of drug-likeness (QED) is 0.491. The first-order chi connectivity index (χ1) is 12.5. The maximum atomic E-state index is 12.3. The highest BCUT2D eigenvalue weighted by atomic mass is 16.6. The summed E-state index contributed by atoms with van der Waals surface area (Å²) in [6.07, 6.45) is -0.856. The summed E-state index contributed by atoms with van der Waals surface area (Å²) in [5, 5.41) is 2.13. The zero-order chi connectivity index (χ0) is 18.5. The summed E-state index contributed by atoms with van der Waals surface area (Å²) in [5.74, 6) is -0.228. The van der Waals surface area contributed by atoms with Crippen LogP contribution in [-0.2, 0) is 9.53 Å². The van der Waals surface area contributed by atoms with Gasteiger partial charge in [-0.15, -0.1) is 0 Å². The zero-order valence-electron chi connectivity index (χ0n) is 14.8. The van der Waals surface area contributed by atoms with Gasteiger partial charge in [-0.25, -0.2) is 4.79 Å². The predicted octanol–water partition coefficient (Wildman–Crippen LogP) is 4.34. The Morgan fingerprint density at radius 1 is 0.923 bits per heavy atom. The van der Waals surface area contributed by atoms with Gasteiger partial charge in [0.05, 0.1) is 0 Å². The number of esters is 1. The van der Waals surface area contributed by atoms with Gasteiger partial charge in [0, 0.05) is 5.56 Å². The molecule has 0 aliphatic heterocycles. The summed E-state index contributed by atoms with van der Waals surface area (Å²) in [6.45, 7) is 3.27. The lowest BCUT2D eigenvalue weighted by Gasteiger charge is -2.13. The zero-order valence-corrected chi connectivity index (χ0v) is 14.8. The Hall–Kier alpha value is -3.14. The summed E-state index contributed by atoms with van der Waals surface area (Å²) in [7, 11) is 0. The summed E-state index contributed by atoms with van der Waals surface area (Å²) in [5.41, 5.74) is 1.58. The molecule has 3 aromatic carbocycles. The van der Waals surface area contributed by atoms with Crippen molar-refractivity contribution in [3.63, 3.8) is 0 Å². The van der Waals surface area contributed by atoms with Crippen molar-refractivity contribution in [2.45, 2.75) is 20.0 Å². The number of carbonyl (C=O) groups is 2. The van der Waals surface area contributed by atoms with E-state index in [4.69, 9.17) is 9.47 Å². The Morgan fingerprint density at radius 2 is 1.62 bits per heavy atom. The fraction of sp³-hybridized carbons (Fsp3) is 0.182. The van der Waals surface area contributed by atoms with Crippen LogP contribution in [0.4, 0.5) is 0 Å². The molecule has 0 heterocycles. The molecule has 0 radical (unpaired) electrons. The van der Waals surface area contributed by atoms with Crippen LogP contribution < -0.4 is 4.74 Å². The minimum absolute atomic E-state index is 0.232. The van der Waals surface area contributed by atoms with E-state index >= 15 is 0 Å². The van der Waals surface area contributed by atoms with Crippen LogP contribution in [0.1, 0.15) is 22.8 Å². The van der Waals surface area contributed by atoms with E-state index in [0.717, 1.165) is 16.3 Å². The second-order valence-electron chi connectivity index (χ2n) is 6.16. The number of ketones is 1. The van der Waals surface area contributed by atoms with Crippen LogP contribution in [0.3, 0.4) is 0 Å². The molecule has 4 nitrogen and oxygen atoms in total. The van der Waals surface area contributed by atoms with Crippen LogP contribution in [0, 0.1) is 6.92 Å². The van der Waals surface area contributed by atoms with Gasteiger partial charge in [-0.3, -0.25) is 4.79 Å². The highest BCUT2D eigenvalue weighted by Gasteiger charge is 2.19. The first-order valence-corrected chi connectivity index (χ1v) is 8.45. The van der Waals surface area contributed by atoms with E-state index in [2.05, 4.69) is 0 Å². The number of rotatable bonds is 6. The average molecular weight is 348 g/mol. The van der Waals surface area contributed by atoms with Crippen molar-refractivity contribution < 1.29 is 19.1 Å². The van der Waals surface area contributed by atoms with Crippen molar-refractivity contribution >= 4 is 22.5 Å². The van der Waals surface area contributed by atoms with Crippen LogP contribution in [0.2, 0.25) is 0 Å². The molecule has 0 amide bonds. The van der Waals surface area contributed by atoms with Gasteiger partial charge < -0.3 is 9.47 Å². The van der Waals surface area contributed by atoms with Crippen molar-refractivity contribution in [3.05, 3.63) is 77.9 Å². The SMILES string of the molecule is Cc1ccc(C(=O)[C@@H](C)OC(=O)COc2ccc3ccccc3c2)cc1. The highest BCUT2D eigenvalue weighted by molar-refractivity contribution is 6.00. The predicted molar refractivity (Wildman–Crippen MR) is 101 cm³/mol. The number of hydrogen-bond donors (Lipinski definition) is 0. The fourth-order valence-corrected chi connectivity index (χ4v) is 2.64. The van der Waals surface area contributed by atoms with E-state index in [1.807, 2.05) is 55.5 Å². The molecule has 0 aromatic heterocycles. The van der Waals surface area contributed by atoms with E-state index in [-0.39, 0.29) is 12.4 Å². The maximum Gasteiger partial charge on any atom is 0.344 e. The van der Waals surface area contributed by atoms with Crippen molar-refractivity contribution in [2.75, 3.05) is 6.61 Å². The fourth-order valence-electron chi connectivity index (χ4n) is 2.64. The number of aryl methyl sites for hydroxylation is 1. The van der Waals surface area contributed by atoms with E-state index in [0.29, 0.717) is 11.3 Å². The molecule has 0 bridgehead atoms. The van der Waals surface area contributed by atoms with Gasteiger partial charge in [-0.2, -0.15) is 0 Å². The number of Topliss-reactive ketones (excluding diaryl/α,β-unsaturated/α-hetero) is 1. The molecule has 0 unspecified atom stereocenters. The number of fused-ring (bicyclic) bond motifs is 1. The molecule has 0 N–H and O–H groups in total. The third-order valence-electron chi connectivity index (χ3n) is 4.09. The molecule has 0 saturated heterocycles. The summed E-state index contributed by atoms with van der Waals surface area (Å²) >= 11 is 0. The van der Waals surface area contributed by atoms with Crippen LogP contribution in [0.15, 0.2) is 66.7 Å². The van der Waals surface area contributed by atoms with Gasteiger partial charge in [0.15, 0.2) is 12.7 Å². The Kier molecular flexibility index (Phi) is 5.32. The molecule has 0 fully saturated rings. The maximum absolute atomic E-state index is 12.3. The van der Waals surface area contributed by atoms with Gasteiger partial charge in [0.1, 0.15) is 5.75 Å². The summed E-state index contributed by atoms with van der Waals surface area (Å²) in [6, 6.07) is 20.6. The molecule has 0 saturated carbocycles. The van der Waals surface area contributed by atoms with Crippen molar-refractivity contribution in [1.82, 2.24) is 0 Å². The highest BCUT2D eigenvalue weighted by Crippen LogP contribution is 2.20. The molecule has 0 aliphatic rings. The van der Waals surface area contributed by atoms with Crippen molar-refractivity contribution in [3.8, 4) is 5.75 Å². The van der Waals surface area contributed by atoms with E-state index < -0.39 is 12.1 Å². The lowest BCUT2D eigenvalue weighted by atomic mass is 10.1. The summed E-state index contributed by atoms with van der Waals surface area (Å²) in [4.78, 5) is 24.3. The Bertz CT molecular complexity index is 928. The Morgan fingerprint density at radius 3 is 2.35 bits per heavy atom. The van der Waals surface area contributed by atoms with Gasteiger partial charge in [0.2, 0.25) is 5.78 Å². The minimum atomic E-state index is -0.856. The molecule has 0 spiro atoms. The Balaban J connectivity index is 1.55. The van der Waals surface area contributed by atoms with Gasteiger partial charge in [-0.1, -0.05) is 60.2 Å². The molecule has 0 aliphatic carbocycles. The molecule has 3 aromatic rings. The smallest absolute Gasteiger partial charge is 0.344 e. The molecular formula is C22H20O4. The first-order valence-electron chi connectivity index (χ1n) is 8.45. The van der Waals surface area contributed by atoms with Gasteiger partial charge in [0.25, 0.3) is 0 Å². The second-order valence-corrected chi connectivity index (χ2v) is 6.16. The van der Waals surface area contributed by atoms with Crippen LogP contribution in [0.5, 0.6) is 5.75 Å². The Labute approximate surface area is 152 Å². The number of benzene rings is 3. The number of hydrogen-bond acceptors (Lipinski definition) is 4. The van der Waals surface area contributed by atoms with E-state index in [9.17, 15) is 9.59 Å². The van der Waals surface area contributed by atoms with Crippen LogP contribution in [0.25, 0.3) is 10.8 Å². The standard InChI is InChI=1S/C22H20O4/c1-15-7-9-18(10-8-15)22(24)16(2)26-21(23)14-25-20-12-11-17-5-3-4-6-19(17)13-20/h3-13,16H,14H2,1-2H3/t16-/m1/s1. The first kappa shape index (κ1) is 17.7. The lowest BCUT2D eigenvalue weighted by Crippen LogP contribution is -2.27. The molecule has 1 atom stereocenters. The third kappa shape index (κ3) is 4.28. The lowest BCUT2D eigenvalue weighted by molar-refractivity contribution is -0.148. The minimum Gasteiger partial charge on any atom is -0.482 e. The molecule has 4 heteroatoms.